The molecular formula is C23H20BrN3S. The van der Waals surface area contributed by atoms with Gasteiger partial charge in [0, 0.05) is 22.3 Å². The lowest BCUT2D eigenvalue weighted by Crippen LogP contribution is -2.04. The molecule has 4 aromatic rings. The molecule has 0 aliphatic carbocycles. The van der Waals surface area contributed by atoms with Crippen molar-refractivity contribution in [2.45, 2.75) is 24.3 Å². The van der Waals surface area contributed by atoms with E-state index in [1.807, 2.05) is 6.07 Å². The monoisotopic (exact) mass is 449 g/mol. The molecule has 0 bridgehead atoms. The number of hydrogen-bond donors (Lipinski definition) is 0. The van der Waals surface area contributed by atoms with Crippen LogP contribution < -0.4 is 0 Å². The average Bonchev–Trinajstić information content (AvgIpc) is 3.11. The maximum absolute atomic E-state index is 4.53. The van der Waals surface area contributed by atoms with E-state index < -0.39 is 0 Å². The highest BCUT2D eigenvalue weighted by atomic mass is 79.9. The van der Waals surface area contributed by atoms with Crippen molar-refractivity contribution in [2.24, 2.45) is 0 Å². The molecule has 3 nitrogen and oxygen atoms in total. The van der Waals surface area contributed by atoms with E-state index >= 15 is 0 Å². The van der Waals surface area contributed by atoms with Crippen molar-refractivity contribution in [3.63, 3.8) is 0 Å². The third-order valence-corrected chi connectivity index (χ3v) is 5.98. The first-order valence-corrected chi connectivity index (χ1v) is 10.9. The van der Waals surface area contributed by atoms with Gasteiger partial charge in [-0.25, -0.2) is 0 Å². The van der Waals surface area contributed by atoms with E-state index in [4.69, 9.17) is 0 Å². The van der Waals surface area contributed by atoms with Gasteiger partial charge in [0.05, 0.1) is 0 Å². The summed E-state index contributed by atoms with van der Waals surface area (Å²) in [6.45, 7) is 2.11. The summed E-state index contributed by atoms with van der Waals surface area (Å²) in [5.41, 5.74) is 4.82. The van der Waals surface area contributed by atoms with Crippen LogP contribution >= 0.6 is 27.7 Å². The van der Waals surface area contributed by atoms with Crippen molar-refractivity contribution < 1.29 is 0 Å². The van der Waals surface area contributed by atoms with Gasteiger partial charge in [0.15, 0.2) is 5.16 Å². The number of rotatable bonds is 6. The molecule has 0 saturated carbocycles. The van der Waals surface area contributed by atoms with Crippen molar-refractivity contribution in [3.8, 4) is 5.69 Å². The van der Waals surface area contributed by atoms with Crippen LogP contribution in [0.1, 0.15) is 22.5 Å². The van der Waals surface area contributed by atoms with Crippen LogP contribution in [0.25, 0.3) is 5.69 Å². The summed E-state index contributed by atoms with van der Waals surface area (Å²) < 4.78 is 3.28. The Morgan fingerprint density at radius 2 is 1.64 bits per heavy atom. The molecule has 5 heteroatoms. The van der Waals surface area contributed by atoms with Gasteiger partial charge in [-0.15, -0.1) is 10.2 Å². The standard InChI is InChI=1S/C23H20BrN3S/c1-17-6-5-9-21(14-17)27-22(15-18-7-3-2-4-8-18)25-26-23(27)28-16-19-10-12-20(24)13-11-19/h2-14H,15-16H2,1H3. The van der Waals surface area contributed by atoms with Gasteiger partial charge in [-0.05, 0) is 47.9 Å². The third-order valence-electron chi connectivity index (χ3n) is 4.45. The zero-order valence-corrected chi connectivity index (χ0v) is 18.0. The maximum atomic E-state index is 4.53. The van der Waals surface area contributed by atoms with Crippen molar-refractivity contribution in [1.29, 1.82) is 0 Å². The molecule has 0 atom stereocenters. The molecule has 0 aliphatic rings. The lowest BCUT2D eigenvalue weighted by molar-refractivity contribution is 0.846. The Balaban J connectivity index is 1.66. The van der Waals surface area contributed by atoms with Crippen molar-refractivity contribution >= 4 is 27.7 Å². The molecule has 0 amide bonds. The first-order valence-electron chi connectivity index (χ1n) is 9.11. The highest BCUT2D eigenvalue weighted by Gasteiger charge is 2.15. The zero-order valence-electron chi connectivity index (χ0n) is 15.5. The first kappa shape index (κ1) is 19.0. The molecule has 0 spiro atoms. The highest BCUT2D eigenvalue weighted by molar-refractivity contribution is 9.10. The minimum atomic E-state index is 0.751. The molecule has 0 fully saturated rings. The van der Waals surface area contributed by atoms with Gasteiger partial charge in [0.1, 0.15) is 5.82 Å². The summed E-state index contributed by atoms with van der Waals surface area (Å²) in [5, 5.41) is 9.96. The largest absolute Gasteiger partial charge is 0.274 e. The second-order valence-electron chi connectivity index (χ2n) is 6.65. The lowest BCUT2D eigenvalue weighted by atomic mass is 10.1. The molecule has 0 radical (unpaired) electrons. The van der Waals surface area contributed by atoms with Gasteiger partial charge in [0.2, 0.25) is 0 Å². The molecule has 4 rings (SSSR count). The van der Waals surface area contributed by atoms with Gasteiger partial charge < -0.3 is 0 Å². The van der Waals surface area contributed by atoms with E-state index in [1.165, 1.54) is 16.7 Å². The lowest BCUT2D eigenvalue weighted by Gasteiger charge is -2.11. The van der Waals surface area contributed by atoms with Gasteiger partial charge >= 0.3 is 0 Å². The summed E-state index contributed by atoms with van der Waals surface area (Å²) in [7, 11) is 0. The predicted molar refractivity (Wildman–Crippen MR) is 119 cm³/mol. The number of hydrogen-bond acceptors (Lipinski definition) is 3. The zero-order chi connectivity index (χ0) is 19.3. The Morgan fingerprint density at radius 3 is 2.39 bits per heavy atom. The van der Waals surface area contributed by atoms with E-state index in [-0.39, 0.29) is 0 Å². The van der Waals surface area contributed by atoms with Crippen LogP contribution in [-0.4, -0.2) is 14.8 Å². The molecule has 140 valence electrons. The first-order chi connectivity index (χ1) is 13.7. The third kappa shape index (κ3) is 4.54. The van der Waals surface area contributed by atoms with Crippen LogP contribution in [0.15, 0.2) is 88.5 Å². The fraction of sp³-hybridized carbons (Fsp3) is 0.130. The van der Waals surface area contributed by atoms with E-state index in [9.17, 15) is 0 Å². The van der Waals surface area contributed by atoms with Gasteiger partial charge in [0.25, 0.3) is 0 Å². The summed E-state index contributed by atoms with van der Waals surface area (Å²) in [6.07, 6.45) is 0.751. The Kier molecular flexibility index (Phi) is 5.93. The Labute approximate surface area is 178 Å². The van der Waals surface area contributed by atoms with Crippen molar-refractivity contribution in [2.75, 3.05) is 0 Å². The fourth-order valence-electron chi connectivity index (χ4n) is 3.04. The van der Waals surface area contributed by atoms with E-state index in [2.05, 4.69) is 110 Å². The normalized spacial score (nSPS) is 10.9. The van der Waals surface area contributed by atoms with Gasteiger partial charge in [-0.2, -0.15) is 0 Å². The summed E-state index contributed by atoms with van der Waals surface area (Å²) >= 11 is 5.20. The fourth-order valence-corrected chi connectivity index (χ4v) is 4.23. The summed E-state index contributed by atoms with van der Waals surface area (Å²) in [5.74, 6) is 1.80. The predicted octanol–water partition coefficient (Wildman–Crippen LogP) is 6.22. The molecule has 0 unspecified atom stereocenters. The van der Waals surface area contributed by atoms with Crippen molar-refractivity contribution in [1.82, 2.24) is 14.8 Å². The molecular weight excluding hydrogens is 430 g/mol. The van der Waals surface area contributed by atoms with Crippen LogP contribution in [0, 0.1) is 6.92 Å². The van der Waals surface area contributed by atoms with E-state index in [0.717, 1.165) is 33.3 Å². The minimum Gasteiger partial charge on any atom is -0.274 e. The Morgan fingerprint density at radius 1 is 0.857 bits per heavy atom. The molecule has 0 N–H and O–H groups in total. The molecule has 28 heavy (non-hydrogen) atoms. The number of aryl methyl sites for hydroxylation is 1. The second kappa shape index (κ2) is 8.76. The topological polar surface area (TPSA) is 30.7 Å². The average molecular weight is 450 g/mol. The van der Waals surface area contributed by atoms with Crippen LogP contribution in [0.5, 0.6) is 0 Å². The number of aromatic nitrogens is 3. The SMILES string of the molecule is Cc1cccc(-n2c(Cc3ccccc3)nnc2SCc2ccc(Br)cc2)c1. The Bertz CT molecular complexity index is 1060. The number of benzene rings is 3. The minimum absolute atomic E-state index is 0.751. The van der Waals surface area contributed by atoms with Crippen LogP contribution in [0.3, 0.4) is 0 Å². The summed E-state index contributed by atoms with van der Waals surface area (Å²) in [6, 6.07) is 27.3. The summed E-state index contributed by atoms with van der Waals surface area (Å²) in [4.78, 5) is 0. The van der Waals surface area contributed by atoms with Crippen LogP contribution in [0.4, 0.5) is 0 Å². The van der Waals surface area contributed by atoms with E-state index in [0.29, 0.717) is 0 Å². The smallest absolute Gasteiger partial charge is 0.196 e. The molecule has 1 heterocycles. The second-order valence-corrected chi connectivity index (χ2v) is 8.51. The van der Waals surface area contributed by atoms with Gasteiger partial charge in [-0.1, -0.05) is 82.3 Å². The van der Waals surface area contributed by atoms with Crippen LogP contribution in [-0.2, 0) is 12.2 Å². The van der Waals surface area contributed by atoms with Crippen molar-refractivity contribution in [3.05, 3.63) is 106 Å². The highest BCUT2D eigenvalue weighted by Crippen LogP contribution is 2.27. The van der Waals surface area contributed by atoms with Crippen LogP contribution in [0.2, 0.25) is 0 Å². The maximum Gasteiger partial charge on any atom is 0.196 e. The molecule has 0 saturated heterocycles. The van der Waals surface area contributed by atoms with Gasteiger partial charge in [-0.3, -0.25) is 4.57 Å². The number of thioether (sulfide) groups is 1. The Hall–Kier alpha value is -2.37. The van der Waals surface area contributed by atoms with E-state index in [1.54, 1.807) is 11.8 Å². The quantitative estimate of drug-likeness (QED) is 0.327. The molecule has 3 aromatic carbocycles. The molecule has 0 aliphatic heterocycles. The number of nitrogens with zero attached hydrogens (tertiary/aromatic N) is 3. The number of halogens is 1. The molecule has 1 aromatic heterocycles.